The van der Waals surface area contributed by atoms with Gasteiger partial charge in [0.15, 0.2) is 11.7 Å². The van der Waals surface area contributed by atoms with E-state index in [0.29, 0.717) is 36.8 Å². The second-order valence-corrected chi connectivity index (χ2v) is 7.53. The smallest absolute Gasteiger partial charge is 0.324 e. The monoisotopic (exact) mass is 406 g/mol. The highest BCUT2D eigenvalue weighted by Crippen LogP contribution is 2.24. The fourth-order valence-corrected chi connectivity index (χ4v) is 3.32. The molecule has 30 heavy (non-hydrogen) atoms. The molecule has 1 aliphatic heterocycles. The number of nitrogens with zero attached hydrogens (tertiary/aromatic N) is 5. The summed E-state index contributed by atoms with van der Waals surface area (Å²) in [5, 5.41) is 3.67. The Hall–Kier alpha value is -3.68. The maximum atomic E-state index is 12.7. The molecule has 0 spiro atoms. The number of rotatable bonds is 3. The van der Waals surface area contributed by atoms with Crippen LogP contribution in [-0.2, 0) is 0 Å². The molecule has 3 heterocycles. The lowest BCUT2D eigenvalue weighted by atomic mass is 10.1. The summed E-state index contributed by atoms with van der Waals surface area (Å²) in [5.74, 6) is 1.54. The van der Waals surface area contributed by atoms with Crippen LogP contribution in [0.1, 0.15) is 21.2 Å². The van der Waals surface area contributed by atoms with Crippen LogP contribution in [0.4, 0.5) is 10.7 Å². The fourth-order valence-electron chi connectivity index (χ4n) is 3.32. The second kappa shape index (κ2) is 7.98. The maximum Gasteiger partial charge on any atom is 0.324 e. The van der Waals surface area contributed by atoms with Gasteiger partial charge in [0.25, 0.3) is 0 Å². The number of allylic oxidation sites excluding steroid dienone is 1. The van der Waals surface area contributed by atoms with Gasteiger partial charge in [0.2, 0.25) is 5.95 Å². The highest BCUT2D eigenvalue weighted by Gasteiger charge is 2.23. The number of aromatic nitrogens is 3. The maximum absolute atomic E-state index is 12.7. The molecule has 0 bridgehead atoms. The lowest BCUT2D eigenvalue weighted by Crippen LogP contribution is -2.47. The molecular weight excluding hydrogens is 380 g/mol. The van der Waals surface area contributed by atoms with Crippen molar-refractivity contribution >= 4 is 22.9 Å². The van der Waals surface area contributed by atoms with E-state index in [1.54, 1.807) is 24.2 Å². The third-order valence-electron chi connectivity index (χ3n) is 4.80. The van der Waals surface area contributed by atoms with Gasteiger partial charge in [-0.2, -0.15) is 0 Å². The zero-order valence-electron chi connectivity index (χ0n) is 17.3. The molecule has 0 radical (unpaired) electrons. The molecule has 0 aliphatic carbocycles. The number of oxazole rings is 1. The molecule has 2 amide bonds. The van der Waals surface area contributed by atoms with E-state index in [1.165, 1.54) is 5.57 Å². The Morgan fingerprint density at radius 2 is 2.10 bits per heavy atom. The van der Waals surface area contributed by atoms with Crippen molar-refractivity contribution in [1.29, 1.82) is 0 Å². The van der Waals surface area contributed by atoms with Gasteiger partial charge < -0.3 is 14.2 Å². The number of hydrogen-bond acceptors (Lipinski definition) is 6. The van der Waals surface area contributed by atoms with Crippen LogP contribution in [0.2, 0.25) is 0 Å². The lowest BCUT2D eigenvalue weighted by molar-refractivity contribution is 0.193. The van der Waals surface area contributed by atoms with E-state index in [2.05, 4.69) is 37.9 Å². The number of aryl methyl sites for hydroxylation is 1. The highest BCUT2D eigenvalue weighted by atomic mass is 16.4. The molecule has 1 aliphatic rings. The van der Waals surface area contributed by atoms with Crippen molar-refractivity contribution in [3.63, 3.8) is 0 Å². The molecule has 0 saturated carbocycles. The Labute approximate surface area is 176 Å². The number of nitrogens with one attached hydrogen (secondary N) is 1. The minimum Gasteiger partial charge on any atom is -0.441 e. The summed E-state index contributed by atoms with van der Waals surface area (Å²) in [6, 6.07) is 5.50. The molecule has 1 saturated heterocycles. The molecular formula is C22H26N6O2. The van der Waals surface area contributed by atoms with Crippen molar-refractivity contribution in [2.24, 2.45) is 0 Å². The third-order valence-corrected chi connectivity index (χ3v) is 4.80. The number of amides is 2. The quantitative estimate of drug-likeness (QED) is 0.692. The Kier molecular flexibility index (Phi) is 5.22. The molecule has 1 aromatic carbocycles. The fraction of sp³-hybridized carbons (Fsp3) is 0.273. The predicted octanol–water partition coefficient (Wildman–Crippen LogP) is 4.43. The van der Waals surface area contributed by atoms with E-state index in [0.717, 1.165) is 16.6 Å². The summed E-state index contributed by atoms with van der Waals surface area (Å²) in [4.78, 5) is 29.4. The minimum atomic E-state index is -0.241. The van der Waals surface area contributed by atoms with Gasteiger partial charge in [-0.3, -0.25) is 5.32 Å². The summed E-state index contributed by atoms with van der Waals surface area (Å²) in [5.41, 5.74) is 3.65. The summed E-state index contributed by atoms with van der Waals surface area (Å²) < 4.78 is 5.59. The number of piperazine rings is 1. The first-order valence-corrected chi connectivity index (χ1v) is 9.74. The average molecular weight is 406 g/mol. The van der Waals surface area contributed by atoms with Crippen LogP contribution >= 0.6 is 0 Å². The number of carbonyl (C=O) groups excluding carboxylic acids is 1. The summed E-state index contributed by atoms with van der Waals surface area (Å²) in [6.07, 6.45) is 5.43. The van der Waals surface area contributed by atoms with Crippen LogP contribution in [0.5, 0.6) is 0 Å². The van der Waals surface area contributed by atoms with Crippen LogP contribution in [0.25, 0.3) is 22.2 Å². The normalized spacial score (nSPS) is 14.2. The third kappa shape index (κ3) is 4.17. The first-order valence-electron chi connectivity index (χ1n) is 9.74. The molecule has 8 nitrogen and oxygen atoms in total. The van der Waals surface area contributed by atoms with Gasteiger partial charge in [0.1, 0.15) is 0 Å². The minimum absolute atomic E-state index is 0. The van der Waals surface area contributed by atoms with Crippen LogP contribution in [-0.4, -0.2) is 50.4 Å². The van der Waals surface area contributed by atoms with Gasteiger partial charge in [-0.25, -0.2) is 19.7 Å². The number of benzene rings is 1. The molecule has 0 atom stereocenters. The molecule has 1 fully saturated rings. The standard InChI is InChI=1S/C22H24N6O2.H2/c1-14(2)12-27-7-8-28(13-15(27)3)22(29)26-21-24-10-18-6-5-17(9-19(18)25-21)20-11-23-16(4)30-20;/h5-6,9-12H,3,7-8,13H2,1-2,4H3,(H,24,25,26,29);1H. The number of anilines is 1. The summed E-state index contributed by atoms with van der Waals surface area (Å²) in [7, 11) is 0. The van der Waals surface area contributed by atoms with Gasteiger partial charge in [0.05, 0.1) is 18.3 Å². The van der Waals surface area contributed by atoms with Crippen LogP contribution < -0.4 is 5.32 Å². The molecule has 3 aromatic rings. The Balaban J connectivity index is 0.00000272. The molecule has 1 N–H and O–H groups in total. The van der Waals surface area contributed by atoms with Crippen molar-refractivity contribution in [3.8, 4) is 11.3 Å². The molecule has 8 heteroatoms. The number of fused-ring (bicyclic) bond motifs is 1. The average Bonchev–Trinajstić information content (AvgIpc) is 3.15. The van der Waals surface area contributed by atoms with E-state index < -0.39 is 0 Å². The second-order valence-electron chi connectivity index (χ2n) is 7.53. The molecule has 0 unspecified atom stereocenters. The molecule has 4 rings (SSSR count). The number of urea groups is 1. The van der Waals surface area contributed by atoms with E-state index in [1.807, 2.05) is 32.0 Å². The SMILES string of the molecule is C=C1CN(C(=O)Nc2ncc3ccc(-c4cnc(C)o4)cc3n2)CCN1C=C(C)C.[HH]. The van der Waals surface area contributed by atoms with Crippen molar-refractivity contribution < 1.29 is 10.6 Å². The van der Waals surface area contributed by atoms with E-state index >= 15 is 0 Å². The highest BCUT2D eigenvalue weighted by molar-refractivity contribution is 5.90. The Morgan fingerprint density at radius 3 is 2.80 bits per heavy atom. The van der Waals surface area contributed by atoms with E-state index in [-0.39, 0.29) is 13.4 Å². The number of carbonyl (C=O) groups is 1. The lowest BCUT2D eigenvalue weighted by Gasteiger charge is -2.35. The van der Waals surface area contributed by atoms with Crippen LogP contribution in [0.3, 0.4) is 0 Å². The van der Waals surface area contributed by atoms with Crippen molar-refractivity contribution in [3.05, 3.63) is 60.5 Å². The van der Waals surface area contributed by atoms with E-state index in [9.17, 15) is 4.79 Å². The van der Waals surface area contributed by atoms with Gasteiger partial charge in [-0.05, 0) is 19.9 Å². The first kappa shape index (κ1) is 19.6. The predicted molar refractivity (Wildman–Crippen MR) is 118 cm³/mol. The van der Waals surface area contributed by atoms with Crippen molar-refractivity contribution in [1.82, 2.24) is 24.8 Å². The first-order chi connectivity index (χ1) is 14.4. The van der Waals surface area contributed by atoms with Crippen LogP contribution in [0, 0.1) is 6.92 Å². The number of hydrogen-bond donors (Lipinski definition) is 1. The molecule has 156 valence electrons. The Bertz CT molecular complexity index is 1150. The molecule has 2 aromatic heterocycles. The van der Waals surface area contributed by atoms with Gasteiger partial charge in [0, 0.05) is 50.5 Å². The van der Waals surface area contributed by atoms with Crippen molar-refractivity contribution in [2.75, 3.05) is 25.0 Å². The summed E-state index contributed by atoms with van der Waals surface area (Å²) >= 11 is 0. The van der Waals surface area contributed by atoms with E-state index in [4.69, 9.17) is 4.42 Å². The van der Waals surface area contributed by atoms with Gasteiger partial charge in [-0.15, -0.1) is 0 Å². The zero-order chi connectivity index (χ0) is 21.3. The summed E-state index contributed by atoms with van der Waals surface area (Å²) in [6.45, 7) is 11.7. The topological polar surface area (TPSA) is 87.4 Å². The van der Waals surface area contributed by atoms with Crippen molar-refractivity contribution in [2.45, 2.75) is 20.8 Å². The van der Waals surface area contributed by atoms with Gasteiger partial charge in [-0.1, -0.05) is 24.3 Å². The van der Waals surface area contributed by atoms with Gasteiger partial charge >= 0.3 is 6.03 Å². The largest absolute Gasteiger partial charge is 0.441 e. The zero-order valence-corrected chi connectivity index (χ0v) is 17.3. The van der Waals surface area contributed by atoms with Crippen LogP contribution in [0.15, 0.2) is 59.1 Å². The Morgan fingerprint density at radius 1 is 1.27 bits per heavy atom.